The number of amides is 3. The molecule has 30 heavy (non-hydrogen) atoms. The van der Waals surface area contributed by atoms with Crippen molar-refractivity contribution in [1.82, 2.24) is 10.0 Å². The molecule has 4 rings (SSSR count). The fourth-order valence-electron chi connectivity index (χ4n) is 4.03. The molecule has 1 aliphatic carbocycles. The van der Waals surface area contributed by atoms with Gasteiger partial charge in [-0.3, -0.25) is 19.2 Å². The van der Waals surface area contributed by atoms with Gasteiger partial charge in [0.15, 0.2) is 5.78 Å². The van der Waals surface area contributed by atoms with Gasteiger partial charge in [0, 0.05) is 0 Å². The quantitative estimate of drug-likeness (QED) is 0.400. The van der Waals surface area contributed by atoms with E-state index < -0.39 is 36.1 Å². The van der Waals surface area contributed by atoms with Gasteiger partial charge in [-0.25, -0.2) is 5.01 Å². The van der Waals surface area contributed by atoms with Crippen LogP contribution in [0.4, 0.5) is 0 Å². The number of hydrogen-bond donors (Lipinski definition) is 0. The summed E-state index contributed by atoms with van der Waals surface area (Å²) >= 11 is 7.43. The number of allylic oxidation sites excluding steroid dienone is 2. The zero-order valence-electron chi connectivity index (χ0n) is 16.2. The number of fused-ring (bicyclic) bond motifs is 1. The molecule has 2 aromatic rings. The number of carbonyl (C=O) groups excluding carboxylic acids is 4. The lowest BCUT2D eigenvalue weighted by Crippen LogP contribution is -2.52. The van der Waals surface area contributed by atoms with Crippen LogP contribution in [0.2, 0.25) is 5.02 Å². The van der Waals surface area contributed by atoms with Crippen LogP contribution in [-0.2, 0) is 9.59 Å². The molecule has 1 saturated heterocycles. The number of Topliss-reactive ketones (excluding diaryl/α,β-unsaturated/α-hetero) is 1. The second kappa shape index (κ2) is 8.16. The Morgan fingerprint density at radius 2 is 1.93 bits per heavy atom. The molecule has 0 spiro atoms. The van der Waals surface area contributed by atoms with E-state index in [1.807, 2.05) is 19.1 Å². The Hall–Kier alpha value is -2.77. The highest BCUT2D eigenvalue weighted by atomic mass is 35.5. The molecule has 0 unspecified atom stereocenters. The molecule has 1 aliphatic heterocycles. The predicted molar refractivity (Wildman–Crippen MR) is 113 cm³/mol. The largest absolute Gasteiger partial charge is 0.291 e. The SMILES string of the molecule is C[C@@H]1C=CC[C@@H]2C(=O)N(N(CC(=O)c3cccs3)C(=O)c3ccccc3Cl)C(=O)[C@H]12. The zero-order valence-corrected chi connectivity index (χ0v) is 17.7. The Kier molecular flexibility index (Phi) is 5.58. The predicted octanol–water partition coefficient (Wildman–Crippen LogP) is 3.84. The van der Waals surface area contributed by atoms with Gasteiger partial charge in [0.05, 0.1) is 27.3 Å². The third-order valence-electron chi connectivity index (χ3n) is 5.52. The van der Waals surface area contributed by atoms with Gasteiger partial charge in [-0.15, -0.1) is 11.3 Å². The van der Waals surface area contributed by atoms with Crippen LogP contribution in [0.3, 0.4) is 0 Å². The van der Waals surface area contributed by atoms with E-state index in [1.54, 1.807) is 35.7 Å². The summed E-state index contributed by atoms with van der Waals surface area (Å²) in [5, 5.41) is 3.76. The minimum atomic E-state index is -0.661. The molecular formula is C22H19ClN2O4S. The number of thiophene rings is 1. The first kappa shape index (κ1) is 20.5. The Balaban J connectivity index is 1.73. The lowest BCUT2D eigenvalue weighted by molar-refractivity contribution is -0.154. The van der Waals surface area contributed by atoms with Crippen LogP contribution in [0.1, 0.15) is 33.4 Å². The maximum Gasteiger partial charge on any atom is 0.274 e. The van der Waals surface area contributed by atoms with Crippen molar-refractivity contribution in [3.05, 3.63) is 69.4 Å². The van der Waals surface area contributed by atoms with E-state index in [-0.39, 0.29) is 22.3 Å². The van der Waals surface area contributed by atoms with E-state index in [0.717, 1.165) is 10.0 Å². The van der Waals surface area contributed by atoms with Crippen molar-refractivity contribution in [1.29, 1.82) is 0 Å². The van der Waals surface area contributed by atoms with Crippen molar-refractivity contribution in [2.24, 2.45) is 17.8 Å². The van der Waals surface area contributed by atoms with E-state index in [1.165, 1.54) is 17.4 Å². The fraction of sp³-hybridized carbons (Fsp3) is 0.273. The molecule has 6 nitrogen and oxygen atoms in total. The highest BCUT2D eigenvalue weighted by molar-refractivity contribution is 7.12. The monoisotopic (exact) mass is 442 g/mol. The molecule has 0 radical (unpaired) electrons. The minimum Gasteiger partial charge on any atom is -0.291 e. The topological polar surface area (TPSA) is 74.8 Å². The van der Waals surface area contributed by atoms with Gasteiger partial charge < -0.3 is 0 Å². The van der Waals surface area contributed by atoms with Crippen LogP contribution in [0, 0.1) is 17.8 Å². The van der Waals surface area contributed by atoms with Crippen molar-refractivity contribution in [3.8, 4) is 0 Å². The molecule has 0 N–H and O–H groups in total. The number of halogens is 1. The Morgan fingerprint density at radius 3 is 2.60 bits per heavy atom. The molecule has 2 heterocycles. The molecule has 1 aromatic carbocycles. The van der Waals surface area contributed by atoms with Gasteiger partial charge in [-0.2, -0.15) is 5.01 Å². The second-order valence-electron chi connectivity index (χ2n) is 7.39. The summed E-state index contributed by atoms with van der Waals surface area (Å²) in [7, 11) is 0. The van der Waals surface area contributed by atoms with Gasteiger partial charge in [-0.1, -0.05) is 48.9 Å². The average molecular weight is 443 g/mol. The Morgan fingerprint density at radius 1 is 1.17 bits per heavy atom. The third kappa shape index (κ3) is 3.48. The summed E-state index contributed by atoms with van der Waals surface area (Å²) in [6, 6.07) is 9.74. The molecular weight excluding hydrogens is 424 g/mol. The summed E-state index contributed by atoms with van der Waals surface area (Å²) in [5.74, 6) is -3.13. The minimum absolute atomic E-state index is 0.125. The van der Waals surface area contributed by atoms with Crippen molar-refractivity contribution < 1.29 is 19.2 Å². The van der Waals surface area contributed by atoms with E-state index in [4.69, 9.17) is 11.6 Å². The van der Waals surface area contributed by atoms with Gasteiger partial charge >= 0.3 is 0 Å². The molecule has 2 aliphatic rings. The van der Waals surface area contributed by atoms with Crippen LogP contribution in [-0.4, -0.2) is 40.1 Å². The number of nitrogens with zero attached hydrogens (tertiary/aromatic N) is 2. The second-order valence-corrected chi connectivity index (χ2v) is 8.74. The molecule has 1 fully saturated rings. The van der Waals surface area contributed by atoms with E-state index in [2.05, 4.69) is 0 Å². The molecule has 3 amide bonds. The van der Waals surface area contributed by atoms with E-state index >= 15 is 0 Å². The van der Waals surface area contributed by atoms with Gasteiger partial charge in [0.2, 0.25) is 0 Å². The van der Waals surface area contributed by atoms with Crippen LogP contribution in [0.15, 0.2) is 53.9 Å². The van der Waals surface area contributed by atoms with Crippen LogP contribution >= 0.6 is 22.9 Å². The van der Waals surface area contributed by atoms with Crippen LogP contribution in [0.5, 0.6) is 0 Å². The molecule has 0 saturated carbocycles. The van der Waals surface area contributed by atoms with Gasteiger partial charge in [0.25, 0.3) is 17.7 Å². The maximum absolute atomic E-state index is 13.4. The summed E-state index contributed by atoms with van der Waals surface area (Å²) < 4.78 is 0. The number of benzene rings is 1. The number of hydrazine groups is 1. The third-order valence-corrected chi connectivity index (χ3v) is 6.76. The van der Waals surface area contributed by atoms with Crippen molar-refractivity contribution in [2.45, 2.75) is 13.3 Å². The van der Waals surface area contributed by atoms with Crippen molar-refractivity contribution in [2.75, 3.05) is 6.54 Å². The number of ketones is 1. The maximum atomic E-state index is 13.4. The molecule has 0 bridgehead atoms. The van der Waals surface area contributed by atoms with Crippen LogP contribution in [0.25, 0.3) is 0 Å². The van der Waals surface area contributed by atoms with Crippen molar-refractivity contribution >= 4 is 46.4 Å². The lowest BCUT2D eigenvalue weighted by Gasteiger charge is -2.30. The standard InChI is InChI=1S/C22H19ClN2O4S/c1-13-6-4-8-15-19(13)22(29)25(21(15)28)24(12-17(26)18-10-5-11-30-18)20(27)14-7-2-3-9-16(14)23/h2-7,9-11,13,15,19H,8,12H2,1H3/t13-,15+,19-/m1/s1. The smallest absolute Gasteiger partial charge is 0.274 e. The molecule has 3 atom stereocenters. The molecule has 8 heteroatoms. The Bertz CT molecular complexity index is 1050. The number of rotatable bonds is 5. The van der Waals surface area contributed by atoms with E-state index in [9.17, 15) is 19.2 Å². The zero-order chi connectivity index (χ0) is 21.4. The first-order chi connectivity index (χ1) is 14.4. The summed E-state index contributed by atoms with van der Waals surface area (Å²) in [5.41, 5.74) is 0.125. The summed E-state index contributed by atoms with van der Waals surface area (Å²) in [4.78, 5) is 53.0. The molecule has 154 valence electrons. The number of carbonyl (C=O) groups is 4. The number of imide groups is 1. The first-order valence-electron chi connectivity index (χ1n) is 9.57. The average Bonchev–Trinajstić information content (AvgIpc) is 3.35. The highest BCUT2D eigenvalue weighted by Crippen LogP contribution is 2.39. The van der Waals surface area contributed by atoms with Gasteiger partial charge in [0.1, 0.15) is 6.54 Å². The fourth-order valence-corrected chi connectivity index (χ4v) is 4.90. The lowest BCUT2D eigenvalue weighted by atomic mass is 9.78. The summed E-state index contributed by atoms with van der Waals surface area (Å²) in [6.45, 7) is 1.45. The summed E-state index contributed by atoms with van der Waals surface area (Å²) in [6.07, 6.45) is 4.23. The van der Waals surface area contributed by atoms with Gasteiger partial charge in [-0.05, 0) is 35.9 Å². The van der Waals surface area contributed by atoms with Crippen LogP contribution < -0.4 is 0 Å². The first-order valence-corrected chi connectivity index (χ1v) is 10.8. The van der Waals surface area contributed by atoms with E-state index in [0.29, 0.717) is 11.3 Å². The Labute approximate surface area is 182 Å². The normalized spacial score (nSPS) is 22.9. The highest BCUT2D eigenvalue weighted by Gasteiger charge is 2.53. The van der Waals surface area contributed by atoms with Crippen molar-refractivity contribution in [3.63, 3.8) is 0 Å². The molecule has 1 aromatic heterocycles. The number of hydrogen-bond acceptors (Lipinski definition) is 5.